The first-order valence-corrected chi connectivity index (χ1v) is 13.4. The summed E-state index contributed by atoms with van der Waals surface area (Å²) in [6, 6.07) is 2.79. The number of aryl methyl sites for hydroxylation is 1. The molecular weight excluding hydrogens is 579 g/mol. The van der Waals surface area contributed by atoms with E-state index in [0.29, 0.717) is 27.7 Å². The van der Waals surface area contributed by atoms with E-state index in [-0.39, 0.29) is 46.2 Å². The molecule has 0 aliphatic heterocycles. The van der Waals surface area contributed by atoms with E-state index in [1.807, 2.05) is 0 Å². The SMILES string of the molecule is [2H]C([2H])([2H])n1c(=O)n([C@H]2C[C@H](NC(=O)OC)[C@@H](O)C2)c2cc(Nc3cc(C(C)(C)O)cc(-c4ncc(C(F)(F)F)s4)n3)ncc21. The summed E-state index contributed by atoms with van der Waals surface area (Å²) in [5, 5.41) is 26.7. The van der Waals surface area contributed by atoms with Gasteiger partial charge in [-0.2, -0.15) is 13.2 Å². The number of rotatable bonds is 6. The maximum Gasteiger partial charge on any atom is 0.427 e. The summed E-state index contributed by atoms with van der Waals surface area (Å²) >= 11 is 0.385. The van der Waals surface area contributed by atoms with Crippen LogP contribution < -0.4 is 16.3 Å². The molecule has 224 valence electrons. The molecule has 0 saturated heterocycles. The number of alkyl halides is 3. The molecule has 4 aromatic rings. The van der Waals surface area contributed by atoms with Gasteiger partial charge in [0, 0.05) is 23.2 Å². The van der Waals surface area contributed by atoms with Crippen molar-refractivity contribution in [2.45, 2.75) is 56.7 Å². The molecule has 4 N–H and O–H groups in total. The number of hydrogen-bond donors (Lipinski definition) is 4. The summed E-state index contributed by atoms with van der Waals surface area (Å²) < 4.78 is 70.0. The fraction of sp³-hybridized carbons (Fsp3) is 0.423. The maximum absolute atomic E-state index is 13.5. The molecule has 0 spiro atoms. The smallest absolute Gasteiger partial charge is 0.427 e. The highest BCUT2D eigenvalue weighted by Crippen LogP contribution is 2.38. The van der Waals surface area contributed by atoms with Gasteiger partial charge in [0.25, 0.3) is 0 Å². The normalized spacial score (nSPS) is 20.7. The highest BCUT2D eigenvalue weighted by Gasteiger charge is 2.37. The number of alkyl carbamates (subject to hydrolysis) is 1. The number of carbonyl (C=O) groups is 1. The molecule has 4 heterocycles. The van der Waals surface area contributed by atoms with Crippen LogP contribution in [0.1, 0.15) is 47.3 Å². The monoisotopic (exact) mass is 610 g/mol. The Kier molecular flexibility index (Phi) is 6.52. The van der Waals surface area contributed by atoms with Crippen LogP contribution in [0.3, 0.4) is 0 Å². The number of fused-ring (bicyclic) bond motifs is 1. The van der Waals surface area contributed by atoms with Crippen LogP contribution in [0.15, 0.2) is 35.4 Å². The van der Waals surface area contributed by atoms with E-state index in [1.54, 1.807) is 0 Å². The van der Waals surface area contributed by atoms with Crippen molar-refractivity contribution in [3.8, 4) is 10.7 Å². The molecule has 12 nitrogen and oxygen atoms in total. The summed E-state index contributed by atoms with van der Waals surface area (Å²) in [5.41, 5.74) is -1.83. The van der Waals surface area contributed by atoms with Crippen molar-refractivity contribution in [1.82, 2.24) is 29.4 Å². The van der Waals surface area contributed by atoms with Gasteiger partial charge < -0.3 is 25.6 Å². The second kappa shape index (κ2) is 10.7. The standard InChI is InChI=1S/C26H28F3N7O5S/c1-25(2,40)12-5-15(22-31-11-19(42-22)26(27,28)29)32-21(6-12)34-20-9-16-17(10-30-20)35(3)24(39)36(16)13-7-14(18(37)8-13)33-23(38)41-4/h5-6,9-11,13-14,18,37,40H,7-8H2,1-4H3,(H,33,38)(H,30,32,34)/t13-,14-,18-/m0/s1/i3D3. The predicted molar refractivity (Wildman–Crippen MR) is 147 cm³/mol. The molecule has 0 radical (unpaired) electrons. The van der Waals surface area contributed by atoms with E-state index >= 15 is 0 Å². The molecule has 1 amide bonds. The average molecular weight is 611 g/mol. The molecule has 4 aromatic heterocycles. The molecular formula is C26H28F3N7O5S. The Balaban J connectivity index is 1.58. The lowest BCUT2D eigenvalue weighted by molar-refractivity contribution is -0.134. The molecule has 1 saturated carbocycles. The van der Waals surface area contributed by atoms with E-state index in [9.17, 15) is 33.0 Å². The van der Waals surface area contributed by atoms with Crippen molar-refractivity contribution in [3.05, 3.63) is 51.5 Å². The quantitative estimate of drug-likeness (QED) is 0.256. The zero-order valence-electron chi connectivity index (χ0n) is 25.4. The number of imidazole rings is 1. The number of hydrogen-bond acceptors (Lipinski definition) is 10. The van der Waals surface area contributed by atoms with Crippen LogP contribution in [-0.4, -0.2) is 59.6 Å². The fourth-order valence-electron chi connectivity index (χ4n) is 4.82. The molecule has 3 atom stereocenters. The first-order valence-electron chi connectivity index (χ1n) is 14.1. The number of pyridine rings is 2. The number of nitrogens with zero attached hydrogens (tertiary/aromatic N) is 5. The lowest BCUT2D eigenvalue weighted by atomic mass is 9.98. The molecule has 1 aliphatic carbocycles. The number of methoxy groups -OCH3 is 1. The minimum absolute atomic E-state index is 0.0199. The Hall–Kier alpha value is -4.02. The topological polar surface area (TPSA) is 156 Å². The maximum atomic E-state index is 13.5. The third-order valence-corrected chi connectivity index (χ3v) is 7.97. The Bertz CT molecular complexity index is 1820. The van der Waals surface area contributed by atoms with Crippen LogP contribution in [-0.2, 0) is 23.5 Å². The van der Waals surface area contributed by atoms with Gasteiger partial charge in [-0.05, 0) is 44.4 Å². The number of aromatic nitrogens is 5. The van der Waals surface area contributed by atoms with E-state index in [2.05, 4.69) is 30.3 Å². The Morgan fingerprint density at radius 3 is 2.57 bits per heavy atom. The van der Waals surface area contributed by atoms with Gasteiger partial charge in [0.1, 0.15) is 27.2 Å². The number of amides is 1. The van der Waals surface area contributed by atoms with Crippen molar-refractivity contribution in [2.24, 2.45) is 6.98 Å². The molecule has 0 aromatic carbocycles. The first kappa shape index (κ1) is 25.7. The minimum atomic E-state index is -4.60. The highest BCUT2D eigenvalue weighted by atomic mass is 32.1. The molecule has 16 heteroatoms. The number of ether oxygens (including phenoxy) is 1. The fourth-order valence-corrected chi connectivity index (χ4v) is 5.56. The van der Waals surface area contributed by atoms with Crippen molar-refractivity contribution >= 4 is 40.1 Å². The summed E-state index contributed by atoms with van der Waals surface area (Å²) in [6.45, 7) is 0.0914. The zero-order chi connectivity index (χ0) is 33.1. The largest absolute Gasteiger partial charge is 0.453 e. The van der Waals surface area contributed by atoms with Gasteiger partial charge in [-0.3, -0.25) is 9.13 Å². The van der Waals surface area contributed by atoms with Crippen LogP contribution in [0.25, 0.3) is 21.7 Å². The van der Waals surface area contributed by atoms with Gasteiger partial charge in [0.15, 0.2) is 0 Å². The summed E-state index contributed by atoms with van der Waals surface area (Å²) in [5.74, 6) is 0.159. The molecule has 42 heavy (non-hydrogen) atoms. The summed E-state index contributed by atoms with van der Waals surface area (Å²) in [7, 11) is 1.16. The molecule has 5 rings (SSSR count). The number of anilines is 2. The van der Waals surface area contributed by atoms with Crippen molar-refractivity contribution in [1.29, 1.82) is 0 Å². The second-order valence-electron chi connectivity index (χ2n) is 10.3. The van der Waals surface area contributed by atoms with Gasteiger partial charge in [-0.1, -0.05) is 0 Å². The Morgan fingerprint density at radius 2 is 1.93 bits per heavy atom. The van der Waals surface area contributed by atoms with Crippen molar-refractivity contribution < 1.29 is 37.0 Å². The van der Waals surface area contributed by atoms with E-state index < -0.39 is 53.6 Å². The zero-order valence-corrected chi connectivity index (χ0v) is 23.2. The molecule has 1 aliphatic rings. The number of aliphatic hydroxyl groups is 2. The summed E-state index contributed by atoms with van der Waals surface area (Å²) in [6.07, 6.45) is -4.45. The van der Waals surface area contributed by atoms with E-state index in [1.165, 1.54) is 42.8 Å². The highest BCUT2D eigenvalue weighted by molar-refractivity contribution is 7.15. The van der Waals surface area contributed by atoms with Crippen molar-refractivity contribution in [2.75, 3.05) is 12.4 Å². The van der Waals surface area contributed by atoms with Gasteiger partial charge in [-0.15, -0.1) is 11.3 Å². The van der Waals surface area contributed by atoms with Crippen LogP contribution in [0.2, 0.25) is 0 Å². The number of nitrogens with one attached hydrogen (secondary N) is 2. The van der Waals surface area contributed by atoms with E-state index in [4.69, 9.17) is 4.11 Å². The lowest BCUT2D eigenvalue weighted by Crippen LogP contribution is -2.39. The van der Waals surface area contributed by atoms with Gasteiger partial charge in [-0.25, -0.2) is 24.5 Å². The van der Waals surface area contributed by atoms with Crippen LogP contribution >= 0.6 is 11.3 Å². The third-order valence-electron chi connectivity index (χ3n) is 6.91. The van der Waals surface area contributed by atoms with Crippen LogP contribution in [0.4, 0.5) is 29.6 Å². The van der Waals surface area contributed by atoms with Gasteiger partial charge in [0.05, 0.1) is 48.3 Å². The van der Waals surface area contributed by atoms with E-state index in [0.717, 1.165) is 7.11 Å². The van der Waals surface area contributed by atoms with Gasteiger partial charge >= 0.3 is 18.0 Å². The average Bonchev–Trinajstić information content (AvgIpc) is 3.63. The molecule has 0 unspecified atom stereocenters. The first-order chi connectivity index (χ1) is 20.9. The lowest BCUT2D eigenvalue weighted by Gasteiger charge is -2.19. The molecule has 1 fully saturated rings. The Morgan fingerprint density at radius 1 is 1.17 bits per heavy atom. The number of thiazole rings is 1. The Labute approximate surface area is 245 Å². The molecule has 0 bridgehead atoms. The number of carbonyl (C=O) groups excluding carboxylic acids is 1. The number of aliphatic hydroxyl groups excluding tert-OH is 1. The number of halogens is 3. The predicted octanol–water partition coefficient (Wildman–Crippen LogP) is 3.66. The van der Waals surface area contributed by atoms with Crippen LogP contribution in [0.5, 0.6) is 0 Å². The summed E-state index contributed by atoms with van der Waals surface area (Å²) in [4.78, 5) is 36.8. The van der Waals surface area contributed by atoms with Crippen molar-refractivity contribution in [3.63, 3.8) is 0 Å². The minimum Gasteiger partial charge on any atom is -0.453 e. The van der Waals surface area contributed by atoms with Crippen LogP contribution in [0, 0.1) is 0 Å². The second-order valence-corrected chi connectivity index (χ2v) is 11.3. The van der Waals surface area contributed by atoms with Gasteiger partial charge in [0.2, 0.25) is 0 Å². The third kappa shape index (κ3) is 5.69.